The number of hydrogen-bond acceptors (Lipinski definition) is 4. The van der Waals surface area contributed by atoms with E-state index in [1.165, 1.54) is 115 Å². The molecule has 4 rings (SSSR count). The molecule has 4 nitrogen and oxygen atoms in total. The molecule has 0 saturated heterocycles. The van der Waals surface area contributed by atoms with Crippen LogP contribution in [-0.4, -0.2) is 38.5 Å². The Labute approximate surface area is 179 Å². The largest absolute Gasteiger partial charge is 0.413 e. The highest BCUT2D eigenvalue weighted by molar-refractivity contribution is 6.44. The highest BCUT2D eigenvalue weighted by Crippen LogP contribution is 2.38. The normalized spacial score (nSPS) is 24.1. The molecule has 29 heavy (non-hydrogen) atoms. The van der Waals surface area contributed by atoms with E-state index in [0.29, 0.717) is 0 Å². The molecule has 0 radical (unpaired) electrons. The molecule has 1 N–H and O–H groups in total. The lowest BCUT2D eigenvalue weighted by atomic mass is 9.59. The number of anilines is 2. The molecule has 0 spiro atoms. The van der Waals surface area contributed by atoms with Gasteiger partial charge in [0, 0.05) is 13.1 Å². The topological polar surface area (TPSA) is 41.1 Å². The van der Waals surface area contributed by atoms with Crippen LogP contribution in [0.2, 0.25) is 5.82 Å². The van der Waals surface area contributed by atoms with E-state index in [1.807, 2.05) is 0 Å². The van der Waals surface area contributed by atoms with E-state index in [9.17, 15) is 0 Å². The first-order chi connectivity index (χ1) is 14.2. The first-order valence-corrected chi connectivity index (χ1v) is 12.6. The molecular weight excluding hydrogens is 354 g/mol. The molecule has 2 fully saturated rings. The fourth-order valence-electron chi connectivity index (χ4n) is 5.82. The van der Waals surface area contributed by atoms with Gasteiger partial charge in [0.2, 0.25) is 7.41 Å². The summed E-state index contributed by atoms with van der Waals surface area (Å²) in [5, 5.41) is 13.1. The minimum Gasteiger partial charge on any atom is -0.413 e. The maximum Gasteiger partial charge on any atom is 0.239 e. The summed E-state index contributed by atoms with van der Waals surface area (Å²) in [6.07, 6.45) is 20.8. The predicted octanol–water partition coefficient (Wildman–Crippen LogP) is 4.56. The fourth-order valence-corrected chi connectivity index (χ4v) is 5.82. The molecule has 3 aliphatic rings. The number of aromatic nitrogens is 2. The zero-order valence-corrected chi connectivity index (χ0v) is 18.7. The van der Waals surface area contributed by atoms with Crippen LogP contribution in [0.1, 0.15) is 102 Å². The fraction of sp³-hybridized carbons (Fsp3) is 0.826. The smallest absolute Gasteiger partial charge is 0.239 e. The van der Waals surface area contributed by atoms with Crippen molar-refractivity contribution in [2.24, 2.45) is 0 Å². The zero-order valence-electron chi connectivity index (χ0n) is 18.7. The Kier molecular flexibility index (Phi) is 7.42. The Morgan fingerprint density at radius 2 is 1.52 bits per heavy atom. The van der Waals surface area contributed by atoms with Crippen LogP contribution in [0.5, 0.6) is 0 Å². The Hall–Kier alpha value is -1.19. The number of hydrogen-bond donors (Lipinski definition) is 1. The minimum absolute atomic E-state index is 0.198. The molecule has 1 aliphatic heterocycles. The Bertz CT molecular complexity index is 636. The standard InChI is InChI=1S/C23H40B2N4/c24-23(14-10-6-3-7-11-15-23)21-18-20-22(28-27-21)26-16-17-29(20)25-19-12-8-4-1-2-5-9-13-19/h18-19,25H,1-17,24H2,(H,26,28). The molecule has 0 bridgehead atoms. The lowest BCUT2D eigenvalue weighted by Crippen LogP contribution is -2.40. The second kappa shape index (κ2) is 10.2. The molecule has 0 amide bonds. The van der Waals surface area contributed by atoms with Crippen LogP contribution in [0.15, 0.2) is 6.07 Å². The molecule has 6 heteroatoms. The van der Waals surface area contributed by atoms with Crippen LogP contribution in [-0.2, 0) is 5.31 Å². The van der Waals surface area contributed by atoms with Crippen LogP contribution < -0.4 is 10.1 Å². The second-order valence-electron chi connectivity index (χ2n) is 10.2. The quantitative estimate of drug-likeness (QED) is 0.764. The van der Waals surface area contributed by atoms with Crippen molar-refractivity contribution in [3.05, 3.63) is 11.8 Å². The van der Waals surface area contributed by atoms with Crippen LogP contribution >= 0.6 is 0 Å². The van der Waals surface area contributed by atoms with Crippen LogP contribution in [0.3, 0.4) is 0 Å². The van der Waals surface area contributed by atoms with Crippen molar-refractivity contribution in [1.29, 1.82) is 0 Å². The summed E-state index contributed by atoms with van der Waals surface area (Å²) in [5.41, 5.74) is 2.56. The Morgan fingerprint density at radius 1 is 0.897 bits per heavy atom. The van der Waals surface area contributed by atoms with E-state index in [-0.39, 0.29) is 5.31 Å². The van der Waals surface area contributed by atoms with Crippen molar-refractivity contribution in [2.75, 3.05) is 23.2 Å². The van der Waals surface area contributed by atoms with Gasteiger partial charge < -0.3 is 10.1 Å². The van der Waals surface area contributed by atoms with E-state index in [2.05, 4.69) is 29.1 Å². The second-order valence-corrected chi connectivity index (χ2v) is 10.2. The third-order valence-corrected chi connectivity index (χ3v) is 7.82. The number of nitrogens with zero attached hydrogens (tertiary/aromatic N) is 3. The molecule has 158 valence electrons. The zero-order chi connectivity index (χ0) is 19.9. The molecule has 0 aromatic carbocycles. The van der Waals surface area contributed by atoms with E-state index in [1.54, 1.807) is 0 Å². The van der Waals surface area contributed by atoms with Gasteiger partial charge in [-0.05, 0) is 30.0 Å². The third-order valence-electron chi connectivity index (χ3n) is 7.82. The van der Waals surface area contributed by atoms with Gasteiger partial charge in [-0.1, -0.05) is 83.5 Å². The third kappa shape index (κ3) is 5.49. The number of fused-ring (bicyclic) bond motifs is 1. The van der Waals surface area contributed by atoms with Crippen LogP contribution in [0, 0.1) is 0 Å². The van der Waals surface area contributed by atoms with Crippen LogP contribution in [0.4, 0.5) is 11.5 Å². The molecule has 2 saturated carbocycles. The molecule has 0 atom stereocenters. The van der Waals surface area contributed by atoms with Gasteiger partial charge in [0.25, 0.3) is 0 Å². The minimum atomic E-state index is 0.198. The summed E-state index contributed by atoms with van der Waals surface area (Å²) in [6.45, 7) is 2.09. The summed E-state index contributed by atoms with van der Waals surface area (Å²) in [4.78, 5) is 2.64. The van der Waals surface area contributed by atoms with Crippen molar-refractivity contribution in [3.63, 3.8) is 0 Å². The van der Waals surface area contributed by atoms with E-state index in [4.69, 9.17) is 5.10 Å². The summed E-state index contributed by atoms with van der Waals surface area (Å²) in [7, 11) is 3.64. The lowest BCUT2D eigenvalue weighted by Gasteiger charge is -2.36. The van der Waals surface area contributed by atoms with Crippen molar-refractivity contribution < 1.29 is 0 Å². The average molecular weight is 394 g/mol. The van der Waals surface area contributed by atoms with Gasteiger partial charge in [-0.15, -0.1) is 5.10 Å². The van der Waals surface area contributed by atoms with Crippen molar-refractivity contribution >= 4 is 26.8 Å². The molecule has 1 aromatic heterocycles. The Morgan fingerprint density at radius 3 is 2.21 bits per heavy atom. The van der Waals surface area contributed by atoms with Gasteiger partial charge in [0.05, 0.1) is 11.4 Å². The lowest BCUT2D eigenvalue weighted by molar-refractivity contribution is 0.406. The maximum atomic E-state index is 4.74. The predicted molar refractivity (Wildman–Crippen MR) is 128 cm³/mol. The van der Waals surface area contributed by atoms with Gasteiger partial charge in [0.15, 0.2) is 5.82 Å². The molecule has 1 aromatic rings. The first-order valence-electron chi connectivity index (χ1n) is 12.6. The average Bonchev–Trinajstić information content (AvgIpc) is 2.85. The molecular formula is C23H40B2N4. The highest BCUT2D eigenvalue weighted by Gasteiger charge is 2.31. The monoisotopic (exact) mass is 394 g/mol. The first kappa shape index (κ1) is 21.1. The van der Waals surface area contributed by atoms with E-state index < -0.39 is 0 Å². The van der Waals surface area contributed by atoms with Gasteiger partial charge in [0.1, 0.15) is 7.85 Å². The van der Waals surface area contributed by atoms with E-state index >= 15 is 0 Å². The van der Waals surface area contributed by atoms with E-state index in [0.717, 1.165) is 24.7 Å². The van der Waals surface area contributed by atoms with Crippen molar-refractivity contribution in [1.82, 2.24) is 10.2 Å². The highest BCUT2D eigenvalue weighted by atomic mass is 15.2. The molecule has 0 unspecified atom stereocenters. The van der Waals surface area contributed by atoms with Gasteiger partial charge >= 0.3 is 0 Å². The number of rotatable bonds is 3. The summed E-state index contributed by atoms with van der Waals surface area (Å²) < 4.78 is 0. The maximum absolute atomic E-state index is 4.74. The number of nitrogens with one attached hydrogen (secondary N) is 1. The van der Waals surface area contributed by atoms with Gasteiger partial charge in [-0.2, -0.15) is 5.10 Å². The summed E-state index contributed by atoms with van der Waals surface area (Å²) >= 11 is 0. The van der Waals surface area contributed by atoms with Crippen molar-refractivity contribution in [2.45, 2.75) is 107 Å². The van der Waals surface area contributed by atoms with Gasteiger partial charge in [-0.25, -0.2) is 0 Å². The SMILES string of the molecule is BC1(c2cc3c(nn2)NCCN3BC2CCCCCCCC2)CCCCCCC1. The Balaban J connectivity index is 1.51. The van der Waals surface area contributed by atoms with Crippen molar-refractivity contribution in [3.8, 4) is 0 Å². The van der Waals surface area contributed by atoms with Crippen LogP contribution in [0.25, 0.3) is 0 Å². The molecule has 2 aliphatic carbocycles. The van der Waals surface area contributed by atoms with Gasteiger partial charge in [-0.3, -0.25) is 0 Å². The molecule has 2 heterocycles. The summed E-state index contributed by atoms with van der Waals surface area (Å²) in [5.74, 6) is 1.85. The summed E-state index contributed by atoms with van der Waals surface area (Å²) in [6, 6.07) is 2.41.